The fourth-order valence-corrected chi connectivity index (χ4v) is 3.05. The monoisotopic (exact) mass is 354 g/mol. The molecule has 0 heterocycles. The summed E-state index contributed by atoms with van der Waals surface area (Å²) < 4.78 is -0.735. The van der Waals surface area contributed by atoms with Gasteiger partial charge in [0.15, 0.2) is 0 Å². The average molecular weight is 356 g/mol. The minimum absolute atomic E-state index is 0.0403. The first-order chi connectivity index (χ1) is 10.5. The van der Waals surface area contributed by atoms with Crippen LogP contribution in [0.2, 0.25) is 5.02 Å². The first-order valence-corrected chi connectivity index (χ1v) is 7.89. The molecule has 2 N–H and O–H groups in total. The van der Waals surface area contributed by atoms with Crippen LogP contribution in [0.3, 0.4) is 0 Å². The van der Waals surface area contributed by atoms with Gasteiger partial charge in [-0.3, -0.25) is 0 Å². The molecule has 0 unspecified atom stereocenters. The predicted molar refractivity (Wildman–Crippen MR) is 92.3 cm³/mol. The number of alkyl halides is 2. The van der Waals surface area contributed by atoms with E-state index in [4.69, 9.17) is 34.8 Å². The average Bonchev–Trinajstić information content (AvgIpc) is 3.08. The summed E-state index contributed by atoms with van der Waals surface area (Å²) in [4.78, 5) is 12.1. The number of benzene rings is 2. The van der Waals surface area contributed by atoms with Crippen LogP contribution in [0.5, 0.6) is 0 Å². The molecule has 22 heavy (non-hydrogen) atoms. The summed E-state index contributed by atoms with van der Waals surface area (Å²) in [6.45, 7) is 0. The molecule has 2 aromatic carbocycles. The Morgan fingerprint density at radius 1 is 1.09 bits per heavy atom. The second-order valence-corrected chi connectivity index (χ2v) is 7.17. The van der Waals surface area contributed by atoms with Gasteiger partial charge in [0.1, 0.15) is 4.33 Å². The molecule has 3 nitrogen and oxygen atoms in total. The van der Waals surface area contributed by atoms with Gasteiger partial charge in [-0.05, 0) is 36.2 Å². The van der Waals surface area contributed by atoms with Gasteiger partial charge in [-0.25, -0.2) is 4.79 Å². The molecule has 1 aliphatic rings. The van der Waals surface area contributed by atoms with E-state index in [2.05, 4.69) is 10.6 Å². The van der Waals surface area contributed by atoms with Crippen molar-refractivity contribution < 1.29 is 4.79 Å². The SMILES string of the molecule is O=C(Nc1cccc(Cl)c1)Nc1ccccc1[C@H]1CC1(Cl)Cl. The van der Waals surface area contributed by atoms with Gasteiger partial charge < -0.3 is 10.6 Å². The van der Waals surface area contributed by atoms with Crippen molar-refractivity contribution in [3.8, 4) is 0 Å². The van der Waals surface area contributed by atoms with Crippen molar-refractivity contribution in [3.63, 3.8) is 0 Å². The van der Waals surface area contributed by atoms with E-state index >= 15 is 0 Å². The minimum atomic E-state index is -0.735. The van der Waals surface area contributed by atoms with Crippen molar-refractivity contribution in [1.82, 2.24) is 0 Å². The molecule has 1 aliphatic carbocycles. The zero-order valence-corrected chi connectivity index (χ0v) is 13.7. The van der Waals surface area contributed by atoms with E-state index in [1.165, 1.54) is 0 Å². The number of amides is 2. The molecule has 3 rings (SSSR count). The Hall–Kier alpha value is -1.42. The minimum Gasteiger partial charge on any atom is -0.308 e. The molecular formula is C16H13Cl3N2O. The Balaban J connectivity index is 1.72. The summed E-state index contributed by atoms with van der Waals surface area (Å²) in [6, 6.07) is 14.1. The van der Waals surface area contributed by atoms with Crippen molar-refractivity contribution in [2.24, 2.45) is 0 Å². The second kappa shape index (κ2) is 5.99. The highest BCUT2D eigenvalue weighted by atomic mass is 35.5. The van der Waals surface area contributed by atoms with Crippen LogP contribution in [0.25, 0.3) is 0 Å². The van der Waals surface area contributed by atoms with Crippen LogP contribution >= 0.6 is 34.8 Å². The van der Waals surface area contributed by atoms with Gasteiger partial charge in [-0.2, -0.15) is 0 Å². The van der Waals surface area contributed by atoms with Gasteiger partial charge in [-0.15, -0.1) is 23.2 Å². The summed E-state index contributed by atoms with van der Waals surface area (Å²) in [7, 11) is 0. The summed E-state index contributed by atoms with van der Waals surface area (Å²) in [6.07, 6.45) is 0.685. The van der Waals surface area contributed by atoms with Gasteiger partial charge in [0, 0.05) is 22.3 Å². The first-order valence-electron chi connectivity index (χ1n) is 6.76. The Kier molecular flexibility index (Phi) is 4.22. The van der Waals surface area contributed by atoms with Gasteiger partial charge >= 0.3 is 6.03 Å². The lowest BCUT2D eigenvalue weighted by Crippen LogP contribution is -2.20. The fourth-order valence-electron chi connectivity index (χ4n) is 2.32. The van der Waals surface area contributed by atoms with E-state index < -0.39 is 4.33 Å². The summed E-state index contributed by atoms with van der Waals surface area (Å²) in [5.41, 5.74) is 2.27. The summed E-state index contributed by atoms with van der Waals surface area (Å²) >= 11 is 18.1. The van der Waals surface area contributed by atoms with Crippen LogP contribution < -0.4 is 10.6 Å². The number of nitrogens with one attached hydrogen (secondary N) is 2. The number of urea groups is 1. The molecule has 1 atom stereocenters. The van der Waals surface area contributed by atoms with Crippen molar-refractivity contribution in [1.29, 1.82) is 0 Å². The molecule has 1 fully saturated rings. The van der Waals surface area contributed by atoms with Crippen LogP contribution in [0.4, 0.5) is 16.2 Å². The molecule has 0 aromatic heterocycles. The largest absolute Gasteiger partial charge is 0.323 e. The van der Waals surface area contributed by atoms with Gasteiger partial charge in [0.2, 0.25) is 0 Å². The maximum absolute atomic E-state index is 12.1. The van der Waals surface area contributed by atoms with E-state index in [0.29, 0.717) is 22.8 Å². The molecule has 0 radical (unpaired) electrons. The van der Waals surface area contributed by atoms with Crippen LogP contribution in [-0.4, -0.2) is 10.4 Å². The molecule has 0 bridgehead atoms. The fraction of sp³-hybridized carbons (Fsp3) is 0.188. The quantitative estimate of drug-likeness (QED) is 0.687. The molecule has 1 saturated carbocycles. The summed E-state index contributed by atoms with van der Waals surface area (Å²) in [5.74, 6) is 0.0403. The molecule has 0 aliphatic heterocycles. The maximum Gasteiger partial charge on any atom is 0.323 e. The first kappa shape index (κ1) is 15.5. The smallest absolute Gasteiger partial charge is 0.308 e. The molecule has 6 heteroatoms. The number of anilines is 2. The van der Waals surface area contributed by atoms with Gasteiger partial charge in [0.25, 0.3) is 0 Å². The molecule has 0 saturated heterocycles. The lowest BCUT2D eigenvalue weighted by Gasteiger charge is -2.12. The molecule has 2 amide bonds. The standard InChI is InChI=1S/C16H13Cl3N2O/c17-10-4-3-5-11(8-10)20-15(22)21-14-7-2-1-6-12(14)13-9-16(13,18)19/h1-8,13H,9H2,(H2,20,21,22)/t13-/m1/s1. The highest BCUT2D eigenvalue weighted by Gasteiger charge is 2.53. The van der Waals surface area contributed by atoms with Gasteiger partial charge in [-0.1, -0.05) is 35.9 Å². The molecule has 0 spiro atoms. The number of halogens is 3. The van der Waals surface area contributed by atoms with Crippen molar-refractivity contribution in [2.75, 3.05) is 10.6 Å². The number of carbonyl (C=O) groups is 1. The van der Waals surface area contributed by atoms with Crippen LogP contribution in [0.15, 0.2) is 48.5 Å². The van der Waals surface area contributed by atoms with Crippen molar-refractivity contribution >= 4 is 52.2 Å². The number of hydrogen-bond donors (Lipinski definition) is 2. The highest BCUT2D eigenvalue weighted by Crippen LogP contribution is 2.60. The summed E-state index contributed by atoms with van der Waals surface area (Å²) in [5, 5.41) is 6.13. The zero-order valence-electron chi connectivity index (χ0n) is 11.4. The second-order valence-electron chi connectivity index (χ2n) is 5.19. The number of hydrogen-bond acceptors (Lipinski definition) is 1. The normalized spacial score (nSPS) is 18.6. The molecule has 114 valence electrons. The Bertz CT molecular complexity index is 718. The predicted octanol–water partition coefficient (Wildman–Crippen LogP) is 5.65. The Labute approximate surface area is 143 Å². The number of carbonyl (C=O) groups excluding carboxylic acids is 1. The van der Waals surface area contributed by atoms with E-state index in [-0.39, 0.29) is 11.9 Å². The van der Waals surface area contributed by atoms with E-state index in [9.17, 15) is 4.79 Å². The third kappa shape index (κ3) is 3.49. The zero-order chi connectivity index (χ0) is 15.7. The number of rotatable bonds is 3. The maximum atomic E-state index is 12.1. The van der Waals surface area contributed by atoms with Crippen LogP contribution in [-0.2, 0) is 0 Å². The van der Waals surface area contributed by atoms with Crippen LogP contribution in [0.1, 0.15) is 17.9 Å². The lowest BCUT2D eigenvalue weighted by molar-refractivity contribution is 0.262. The highest BCUT2D eigenvalue weighted by molar-refractivity contribution is 6.51. The van der Waals surface area contributed by atoms with Gasteiger partial charge in [0.05, 0.1) is 0 Å². The Morgan fingerprint density at radius 2 is 1.82 bits per heavy atom. The lowest BCUT2D eigenvalue weighted by atomic mass is 10.1. The number of para-hydroxylation sites is 1. The van der Waals surface area contributed by atoms with E-state index in [1.807, 2.05) is 24.3 Å². The van der Waals surface area contributed by atoms with E-state index in [0.717, 1.165) is 5.56 Å². The Morgan fingerprint density at radius 3 is 2.50 bits per heavy atom. The topological polar surface area (TPSA) is 41.1 Å². The third-order valence-corrected chi connectivity index (χ3v) is 4.56. The van der Waals surface area contributed by atoms with Crippen molar-refractivity contribution in [3.05, 3.63) is 59.1 Å². The molecular weight excluding hydrogens is 343 g/mol. The third-order valence-electron chi connectivity index (χ3n) is 3.49. The van der Waals surface area contributed by atoms with E-state index in [1.54, 1.807) is 24.3 Å². The van der Waals surface area contributed by atoms with Crippen molar-refractivity contribution in [2.45, 2.75) is 16.7 Å². The molecule has 2 aromatic rings. The van der Waals surface area contributed by atoms with Crippen LogP contribution in [0, 0.1) is 0 Å².